The first-order valence-electron chi connectivity index (χ1n) is 4.14. The number of methoxy groups -OCH3 is 1. The van der Waals surface area contributed by atoms with Crippen LogP contribution < -0.4 is 5.32 Å². The molecule has 0 aliphatic heterocycles. The Labute approximate surface area is 67.1 Å². The molecule has 1 rings (SSSR count). The lowest BCUT2D eigenvalue weighted by atomic mass is 9.83. The van der Waals surface area contributed by atoms with Gasteiger partial charge < -0.3 is 10.1 Å². The molecule has 1 aliphatic carbocycles. The third kappa shape index (κ3) is 2.78. The van der Waals surface area contributed by atoms with Crippen molar-refractivity contribution in [3.63, 3.8) is 0 Å². The molecule has 11 heavy (non-hydrogen) atoms. The monoisotopic (exact) mass is 157 g/mol. The number of rotatable bonds is 3. The van der Waals surface area contributed by atoms with E-state index in [1.165, 1.54) is 26.4 Å². The maximum atomic E-state index is 10.6. The van der Waals surface area contributed by atoms with Crippen LogP contribution in [0.15, 0.2) is 0 Å². The molecule has 1 amide bonds. The molecule has 0 radical (unpaired) electrons. The van der Waals surface area contributed by atoms with Crippen LogP contribution >= 0.6 is 0 Å². The zero-order valence-electron chi connectivity index (χ0n) is 6.93. The highest BCUT2D eigenvalue weighted by Gasteiger charge is 2.16. The number of nitrogens with one attached hydrogen (secondary N) is 1. The van der Waals surface area contributed by atoms with Crippen molar-refractivity contribution in [2.75, 3.05) is 13.7 Å². The van der Waals surface area contributed by atoms with E-state index in [9.17, 15) is 4.79 Å². The predicted octanol–water partition coefficient (Wildman–Crippen LogP) is 1.53. The smallest absolute Gasteiger partial charge is 0.406 e. The summed E-state index contributed by atoms with van der Waals surface area (Å²) in [6.07, 6.45) is 4.83. The fraction of sp³-hybridized carbons (Fsp3) is 0.875. The highest BCUT2D eigenvalue weighted by Crippen LogP contribution is 2.28. The molecule has 0 saturated heterocycles. The average molecular weight is 157 g/mol. The molecule has 1 N–H and O–H groups in total. The molecule has 0 spiro atoms. The van der Waals surface area contributed by atoms with E-state index in [4.69, 9.17) is 0 Å². The molecule has 0 aromatic carbocycles. The van der Waals surface area contributed by atoms with Gasteiger partial charge in [0, 0.05) is 6.54 Å². The lowest BCUT2D eigenvalue weighted by Gasteiger charge is -2.24. The second kappa shape index (κ2) is 4.21. The van der Waals surface area contributed by atoms with Crippen LogP contribution in [-0.2, 0) is 4.74 Å². The van der Waals surface area contributed by atoms with Crippen molar-refractivity contribution in [2.24, 2.45) is 5.92 Å². The van der Waals surface area contributed by atoms with Gasteiger partial charge in [0.25, 0.3) is 0 Å². The van der Waals surface area contributed by atoms with E-state index in [1.807, 2.05) is 0 Å². The molecular weight excluding hydrogens is 142 g/mol. The Kier molecular flexibility index (Phi) is 3.20. The quantitative estimate of drug-likeness (QED) is 0.674. The first kappa shape index (κ1) is 8.37. The van der Waals surface area contributed by atoms with Crippen molar-refractivity contribution >= 4 is 6.09 Å². The Morgan fingerprint density at radius 1 is 1.64 bits per heavy atom. The van der Waals surface area contributed by atoms with E-state index in [0.717, 1.165) is 18.9 Å². The van der Waals surface area contributed by atoms with E-state index in [1.54, 1.807) is 0 Å². The zero-order valence-corrected chi connectivity index (χ0v) is 6.93. The van der Waals surface area contributed by atoms with Crippen LogP contribution in [0.5, 0.6) is 0 Å². The van der Waals surface area contributed by atoms with Gasteiger partial charge in [-0.3, -0.25) is 0 Å². The van der Waals surface area contributed by atoms with Gasteiger partial charge >= 0.3 is 6.09 Å². The predicted molar refractivity (Wildman–Crippen MR) is 42.4 cm³/mol. The van der Waals surface area contributed by atoms with Crippen molar-refractivity contribution < 1.29 is 9.53 Å². The maximum Gasteiger partial charge on any atom is 0.406 e. The summed E-state index contributed by atoms with van der Waals surface area (Å²) in [5.41, 5.74) is 0. The number of carbonyl (C=O) groups is 1. The van der Waals surface area contributed by atoms with Gasteiger partial charge in [0.2, 0.25) is 0 Å². The van der Waals surface area contributed by atoms with Gasteiger partial charge in [-0.25, -0.2) is 4.79 Å². The summed E-state index contributed by atoms with van der Waals surface area (Å²) in [4.78, 5) is 10.6. The number of alkyl carbamates (subject to hydrolysis) is 1. The number of amides is 1. The zero-order chi connectivity index (χ0) is 8.10. The van der Waals surface area contributed by atoms with Crippen LogP contribution in [0.3, 0.4) is 0 Å². The first-order chi connectivity index (χ1) is 5.33. The van der Waals surface area contributed by atoms with Gasteiger partial charge in [-0.05, 0) is 12.3 Å². The fourth-order valence-corrected chi connectivity index (χ4v) is 1.23. The minimum absolute atomic E-state index is 0.315. The molecule has 3 heteroatoms. The second-order valence-corrected chi connectivity index (χ2v) is 3.00. The minimum Gasteiger partial charge on any atom is -0.453 e. The topological polar surface area (TPSA) is 38.3 Å². The number of hydrogen-bond donors (Lipinski definition) is 1. The van der Waals surface area contributed by atoms with Gasteiger partial charge in [0.05, 0.1) is 7.11 Å². The average Bonchev–Trinajstić information content (AvgIpc) is 1.94. The van der Waals surface area contributed by atoms with Gasteiger partial charge in [0.1, 0.15) is 0 Å². The van der Waals surface area contributed by atoms with Gasteiger partial charge in [0.15, 0.2) is 0 Å². The summed E-state index contributed by atoms with van der Waals surface area (Å²) in [7, 11) is 1.39. The fourth-order valence-electron chi connectivity index (χ4n) is 1.23. The number of ether oxygens (including phenoxy) is 1. The minimum atomic E-state index is -0.315. The summed E-state index contributed by atoms with van der Waals surface area (Å²) >= 11 is 0. The van der Waals surface area contributed by atoms with Crippen LogP contribution in [-0.4, -0.2) is 19.7 Å². The van der Waals surface area contributed by atoms with E-state index >= 15 is 0 Å². The molecule has 0 unspecified atom stereocenters. The number of carbonyl (C=O) groups excluding carboxylic acids is 1. The lowest BCUT2D eigenvalue weighted by molar-refractivity contribution is 0.169. The van der Waals surface area contributed by atoms with E-state index < -0.39 is 0 Å². The standard InChI is InChI=1S/C8H15NO2/c1-11-8(10)9-6-5-7-3-2-4-7/h7H,2-6H2,1H3,(H,9,10). The Hall–Kier alpha value is -0.730. The maximum absolute atomic E-state index is 10.6. The van der Waals surface area contributed by atoms with Crippen LogP contribution in [0, 0.1) is 5.92 Å². The van der Waals surface area contributed by atoms with Crippen molar-refractivity contribution in [3.8, 4) is 0 Å². The third-order valence-corrected chi connectivity index (χ3v) is 2.23. The van der Waals surface area contributed by atoms with Crippen LogP contribution in [0.4, 0.5) is 4.79 Å². The molecule has 3 nitrogen and oxygen atoms in total. The molecule has 0 aromatic rings. The van der Waals surface area contributed by atoms with Gasteiger partial charge in [-0.15, -0.1) is 0 Å². The molecule has 0 bridgehead atoms. The molecule has 1 aliphatic rings. The van der Waals surface area contributed by atoms with E-state index in [-0.39, 0.29) is 6.09 Å². The third-order valence-electron chi connectivity index (χ3n) is 2.23. The highest BCUT2D eigenvalue weighted by atomic mass is 16.5. The van der Waals surface area contributed by atoms with E-state index in [0.29, 0.717) is 0 Å². The Bertz CT molecular complexity index is 132. The molecule has 0 heterocycles. The van der Waals surface area contributed by atoms with Gasteiger partial charge in [-0.2, -0.15) is 0 Å². The van der Waals surface area contributed by atoms with Crippen molar-refractivity contribution in [3.05, 3.63) is 0 Å². The van der Waals surface area contributed by atoms with Crippen molar-refractivity contribution in [1.29, 1.82) is 0 Å². The SMILES string of the molecule is COC(=O)NCCC1CCC1. The Balaban J connectivity index is 1.90. The van der Waals surface area contributed by atoms with Crippen LogP contribution in [0.1, 0.15) is 25.7 Å². The molecule has 0 aromatic heterocycles. The summed E-state index contributed by atoms with van der Waals surface area (Å²) in [6.45, 7) is 0.761. The molecular formula is C8H15NO2. The van der Waals surface area contributed by atoms with Crippen LogP contribution in [0.2, 0.25) is 0 Å². The summed E-state index contributed by atoms with van der Waals surface area (Å²) < 4.78 is 4.43. The number of hydrogen-bond acceptors (Lipinski definition) is 2. The Morgan fingerprint density at radius 3 is 2.82 bits per heavy atom. The normalized spacial score (nSPS) is 17.2. The van der Waals surface area contributed by atoms with Crippen molar-refractivity contribution in [2.45, 2.75) is 25.7 Å². The first-order valence-corrected chi connectivity index (χ1v) is 4.14. The molecule has 1 saturated carbocycles. The largest absolute Gasteiger partial charge is 0.453 e. The van der Waals surface area contributed by atoms with Crippen LogP contribution in [0.25, 0.3) is 0 Å². The summed E-state index contributed by atoms with van der Waals surface area (Å²) in [5, 5.41) is 2.67. The highest BCUT2D eigenvalue weighted by molar-refractivity contribution is 5.66. The second-order valence-electron chi connectivity index (χ2n) is 3.00. The van der Waals surface area contributed by atoms with Crippen molar-refractivity contribution in [1.82, 2.24) is 5.32 Å². The Morgan fingerprint density at radius 2 is 2.36 bits per heavy atom. The van der Waals surface area contributed by atoms with E-state index in [2.05, 4.69) is 10.1 Å². The van der Waals surface area contributed by atoms with Gasteiger partial charge in [-0.1, -0.05) is 19.3 Å². The molecule has 0 atom stereocenters. The summed E-state index contributed by atoms with van der Waals surface area (Å²) in [6, 6.07) is 0. The molecule has 64 valence electrons. The lowest BCUT2D eigenvalue weighted by Crippen LogP contribution is -2.27. The molecule has 1 fully saturated rings. The summed E-state index contributed by atoms with van der Waals surface area (Å²) in [5.74, 6) is 0.854.